The van der Waals surface area contributed by atoms with Crippen molar-refractivity contribution in [2.45, 2.75) is 55.5 Å². The second-order valence-electron chi connectivity index (χ2n) is 5.55. The fraction of sp³-hybridized carbons (Fsp3) is 0.692. The van der Waals surface area contributed by atoms with Crippen LogP contribution in [0.1, 0.15) is 44.3 Å². The van der Waals surface area contributed by atoms with Crippen LogP contribution in [0.4, 0.5) is 0 Å². The van der Waals surface area contributed by atoms with Crippen molar-refractivity contribution in [3.8, 4) is 0 Å². The first-order chi connectivity index (χ1) is 9.04. The van der Waals surface area contributed by atoms with Crippen LogP contribution in [0.2, 0.25) is 0 Å². The molecule has 0 spiro atoms. The molecule has 1 aliphatic carbocycles. The maximum Gasteiger partial charge on any atom is 0.244 e. The zero-order chi connectivity index (χ0) is 13.6. The first-order valence-electron chi connectivity index (χ1n) is 6.82. The van der Waals surface area contributed by atoms with Gasteiger partial charge in [-0.2, -0.15) is 4.31 Å². The lowest BCUT2D eigenvalue weighted by atomic mass is 10.3. The molecule has 106 valence electrons. The summed E-state index contributed by atoms with van der Waals surface area (Å²) in [4.78, 5) is 0.406. The minimum Gasteiger partial charge on any atom is -0.346 e. The van der Waals surface area contributed by atoms with Gasteiger partial charge in [0.05, 0.1) is 5.88 Å². The van der Waals surface area contributed by atoms with Gasteiger partial charge in [0.2, 0.25) is 10.0 Å². The van der Waals surface area contributed by atoms with E-state index in [2.05, 4.69) is 0 Å². The maximum absolute atomic E-state index is 12.6. The van der Waals surface area contributed by atoms with Gasteiger partial charge in [-0.05, 0) is 38.7 Å². The molecule has 0 radical (unpaired) electrons. The summed E-state index contributed by atoms with van der Waals surface area (Å²) >= 11 is 5.93. The smallest absolute Gasteiger partial charge is 0.244 e. The first kappa shape index (κ1) is 13.5. The van der Waals surface area contributed by atoms with Gasteiger partial charge in [-0.1, -0.05) is 0 Å². The molecule has 1 aliphatic heterocycles. The lowest BCUT2D eigenvalue weighted by Gasteiger charge is -2.19. The average molecular weight is 303 g/mol. The summed E-state index contributed by atoms with van der Waals surface area (Å²) in [6.07, 6.45) is 5.92. The van der Waals surface area contributed by atoms with E-state index in [1.165, 1.54) is 0 Å². The minimum atomic E-state index is -3.35. The molecule has 1 saturated carbocycles. The van der Waals surface area contributed by atoms with Crippen LogP contribution < -0.4 is 0 Å². The third-order valence-corrected chi connectivity index (χ3v) is 6.34. The van der Waals surface area contributed by atoms with E-state index in [0.717, 1.165) is 31.4 Å². The molecule has 0 aromatic carbocycles. The average Bonchev–Trinajstić information content (AvgIpc) is 2.96. The summed E-state index contributed by atoms with van der Waals surface area (Å²) in [5.41, 5.74) is 0.912. The van der Waals surface area contributed by atoms with Crippen LogP contribution in [0.5, 0.6) is 0 Å². The molecule has 2 fully saturated rings. The Bertz CT molecular complexity index is 577. The number of aromatic nitrogens is 1. The highest BCUT2D eigenvalue weighted by atomic mass is 35.5. The second-order valence-corrected chi connectivity index (χ2v) is 7.70. The Balaban J connectivity index is 1.96. The zero-order valence-corrected chi connectivity index (χ0v) is 12.6. The lowest BCUT2D eigenvalue weighted by Crippen LogP contribution is -2.33. The zero-order valence-electron chi connectivity index (χ0n) is 11.0. The number of hydrogen-bond donors (Lipinski definition) is 0. The summed E-state index contributed by atoms with van der Waals surface area (Å²) in [6.45, 7) is 2.61. The fourth-order valence-electron chi connectivity index (χ4n) is 2.84. The number of halogens is 1. The van der Waals surface area contributed by atoms with Gasteiger partial charge in [-0.15, -0.1) is 11.6 Å². The first-order valence-corrected chi connectivity index (χ1v) is 8.80. The molecular weight excluding hydrogens is 284 g/mol. The van der Waals surface area contributed by atoms with Crippen LogP contribution in [0.25, 0.3) is 0 Å². The number of nitrogens with zero attached hydrogens (tertiary/aromatic N) is 2. The van der Waals surface area contributed by atoms with Gasteiger partial charge in [-0.3, -0.25) is 0 Å². The summed E-state index contributed by atoms with van der Waals surface area (Å²) < 4.78 is 28.9. The summed E-state index contributed by atoms with van der Waals surface area (Å²) in [7, 11) is -3.35. The highest BCUT2D eigenvalue weighted by Crippen LogP contribution is 2.38. The lowest BCUT2D eigenvalue weighted by molar-refractivity contribution is 0.408. The van der Waals surface area contributed by atoms with E-state index >= 15 is 0 Å². The van der Waals surface area contributed by atoms with Crippen LogP contribution in [-0.2, 0) is 15.9 Å². The Labute approximate surface area is 119 Å². The van der Waals surface area contributed by atoms with E-state index in [1.54, 1.807) is 16.6 Å². The Morgan fingerprint density at radius 1 is 1.37 bits per heavy atom. The molecule has 2 aliphatic rings. The predicted molar refractivity (Wildman–Crippen MR) is 74.8 cm³/mol. The number of hydrogen-bond acceptors (Lipinski definition) is 2. The van der Waals surface area contributed by atoms with Crippen LogP contribution in [-0.4, -0.2) is 29.9 Å². The van der Waals surface area contributed by atoms with E-state index in [1.807, 2.05) is 11.5 Å². The van der Waals surface area contributed by atoms with Gasteiger partial charge in [0.1, 0.15) is 4.90 Å². The number of alkyl halides is 1. The summed E-state index contributed by atoms with van der Waals surface area (Å²) in [5.74, 6) is 0.363. The third kappa shape index (κ3) is 2.32. The molecule has 2 heterocycles. The van der Waals surface area contributed by atoms with E-state index in [0.29, 0.717) is 23.4 Å². The summed E-state index contributed by atoms with van der Waals surface area (Å²) in [5, 5.41) is 0. The topological polar surface area (TPSA) is 42.3 Å². The minimum absolute atomic E-state index is 0.105. The highest BCUT2D eigenvalue weighted by molar-refractivity contribution is 7.89. The van der Waals surface area contributed by atoms with E-state index in [4.69, 9.17) is 11.6 Å². The summed E-state index contributed by atoms with van der Waals surface area (Å²) in [6, 6.07) is 2.30. The van der Waals surface area contributed by atoms with E-state index < -0.39 is 10.0 Å². The van der Waals surface area contributed by atoms with Crippen molar-refractivity contribution in [1.29, 1.82) is 0 Å². The monoisotopic (exact) mass is 302 g/mol. The van der Waals surface area contributed by atoms with Crippen LogP contribution in [0, 0.1) is 0 Å². The van der Waals surface area contributed by atoms with Crippen LogP contribution >= 0.6 is 11.6 Å². The molecule has 1 unspecified atom stereocenters. The van der Waals surface area contributed by atoms with Gasteiger partial charge < -0.3 is 4.57 Å². The van der Waals surface area contributed by atoms with Gasteiger partial charge in [-0.25, -0.2) is 8.42 Å². The fourth-order valence-corrected chi connectivity index (χ4v) is 4.80. The Hall–Kier alpha value is -0.520. The second kappa shape index (κ2) is 4.79. The molecule has 4 nitrogen and oxygen atoms in total. The molecule has 0 bridgehead atoms. The molecule has 6 heteroatoms. The molecule has 1 saturated heterocycles. The maximum atomic E-state index is 12.6. The standard InChI is InChI=1S/C13H19ClN2O2S/c1-10-3-2-6-16(10)19(17,18)13-7-12(8-14)15(9-13)11-4-5-11/h7,9-11H,2-6,8H2,1H3. The van der Waals surface area contributed by atoms with Crippen molar-refractivity contribution in [3.63, 3.8) is 0 Å². The predicted octanol–water partition coefficient (Wildman–Crippen LogP) is 2.73. The van der Waals surface area contributed by atoms with Gasteiger partial charge in [0.15, 0.2) is 0 Å². The van der Waals surface area contributed by atoms with E-state index in [-0.39, 0.29) is 6.04 Å². The molecular formula is C13H19ClN2O2S. The van der Waals surface area contributed by atoms with Gasteiger partial charge in [0.25, 0.3) is 0 Å². The van der Waals surface area contributed by atoms with Gasteiger partial charge >= 0.3 is 0 Å². The molecule has 1 aromatic rings. The molecule has 19 heavy (non-hydrogen) atoms. The van der Waals surface area contributed by atoms with Crippen LogP contribution in [0.15, 0.2) is 17.2 Å². The molecule has 0 N–H and O–H groups in total. The molecule has 1 aromatic heterocycles. The SMILES string of the molecule is CC1CCCN1S(=O)(=O)c1cc(CCl)n(C2CC2)c1. The Morgan fingerprint density at radius 3 is 2.63 bits per heavy atom. The Morgan fingerprint density at radius 2 is 2.11 bits per heavy atom. The molecule has 0 amide bonds. The highest BCUT2D eigenvalue weighted by Gasteiger charge is 2.35. The largest absolute Gasteiger partial charge is 0.346 e. The van der Waals surface area contributed by atoms with Crippen molar-refractivity contribution >= 4 is 21.6 Å². The van der Waals surface area contributed by atoms with Crippen molar-refractivity contribution < 1.29 is 8.42 Å². The van der Waals surface area contributed by atoms with Gasteiger partial charge in [0, 0.05) is 30.5 Å². The van der Waals surface area contributed by atoms with E-state index in [9.17, 15) is 8.42 Å². The van der Waals surface area contributed by atoms with Crippen LogP contribution in [0.3, 0.4) is 0 Å². The Kier molecular flexibility index (Phi) is 3.39. The quantitative estimate of drug-likeness (QED) is 0.803. The number of rotatable bonds is 4. The number of sulfonamides is 1. The van der Waals surface area contributed by atoms with Crippen molar-refractivity contribution in [3.05, 3.63) is 18.0 Å². The molecule has 1 atom stereocenters. The van der Waals surface area contributed by atoms with Crippen molar-refractivity contribution in [2.75, 3.05) is 6.54 Å². The molecule has 3 rings (SSSR count). The normalized spacial score (nSPS) is 25.1. The van der Waals surface area contributed by atoms with Crippen molar-refractivity contribution in [1.82, 2.24) is 8.87 Å². The third-order valence-electron chi connectivity index (χ3n) is 4.08. The van der Waals surface area contributed by atoms with Crippen molar-refractivity contribution in [2.24, 2.45) is 0 Å².